The van der Waals surface area contributed by atoms with E-state index in [0.29, 0.717) is 12.7 Å². The van der Waals surface area contributed by atoms with Gasteiger partial charge >= 0.3 is 0 Å². The molecule has 0 aliphatic rings. The monoisotopic (exact) mass is 160 g/mol. The van der Waals surface area contributed by atoms with Crippen molar-refractivity contribution in [1.29, 1.82) is 0 Å². The van der Waals surface area contributed by atoms with Gasteiger partial charge in [-0.25, -0.2) is 0 Å². The predicted molar refractivity (Wildman–Crippen MR) is 42.2 cm³/mol. The maximum Gasteiger partial charge on any atom is 0.153 e. The summed E-state index contributed by atoms with van der Waals surface area (Å²) < 4.78 is 0. The molecule has 2 N–H and O–H groups in total. The summed E-state index contributed by atoms with van der Waals surface area (Å²) in [6, 6.07) is 0. The summed E-state index contributed by atoms with van der Waals surface area (Å²) in [7, 11) is 0. The summed E-state index contributed by atoms with van der Waals surface area (Å²) in [5.41, 5.74) is -1.49. The van der Waals surface area contributed by atoms with Crippen molar-refractivity contribution in [2.75, 3.05) is 6.61 Å². The average molecular weight is 160 g/mol. The van der Waals surface area contributed by atoms with E-state index in [-0.39, 0.29) is 0 Å². The highest BCUT2D eigenvalue weighted by Crippen LogP contribution is 2.11. The molecule has 0 fully saturated rings. The Labute approximate surface area is 67.0 Å². The van der Waals surface area contributed by atoms with E-state index in [9.17, 15) is 9.90 Å². The molecule has 0 aromatic carbocycles. The Bertz CT molecular complexity index is 114. The zero-order chi connectivity index (χ0) is 8.74. The van der Waals surface area contributed by atoms with Crippen LogP contribution in [0.1, 0.15) is 32.6 Å². The number of hydrogen-bond donors (Lipinski definition) is 2. The second-order valence-corrected chi connectivity index (χ2v) is 2.84. The number of aliphatic hydroxyl groups is 2. The fourth-order valence-corrected chi connectivity index (χ4v) is 0.856. The Morgan fingerprint density at radius 2 is 2.09 bits per heavy atom. The van der Waals surface area contributed by atoms with Crippen LogP contribution in [-0.4, -0.2) is 28.7 Å². The first kappa shape index (κ1) is 10.6. The highest BCUT2D eigenvalue weighted by atomic mass is 16.3. The van der Waals surface area contributed by atoms with Crippen LogP contribution >= 0.6 is 0 Å². The third-order valence-electron chi connectivity index (χ3n) is 1.71. The quantitative estimate of drug-likeness (QED) is 0.439. The standard InChI is InChI=1S/C8H16O3/c1-2-3-4-5-8(11,6-9)7-10/h6,10-11H,2-5,7H2,1H3/t8-/m0/s1. The summed E-state index contributed by atoms with van der Waals surface area (Å²) in [5.74, 6) is 0. The Kier molecular flexibility index (Phi) is 5.07. The van der Waals surface area contributed by atoms with E-state index in [0.717, 1.165) is 19.3 Å². The predicted octanol–water partition coefficient (Wildman–Crippen LogP) is 0.489. The number of aldehydes is 1. The highest BCUT2D eigenvalue weighted by molar-refractivity contribution is 5.61. The van der Waals surface area contributed by atoms with Crippen LogP contribution in [0.4, 0.5) is 0 Å². The van der Waals surface area contributed by atoms with Crippen molar-refractivity contribution in [3.8, 4) is 0 Å². The van der Waals surface area contributed by atoms with Gasteiger partial charge in [-0.2, -0.15) is 0 Å². The van der Waals surface area contributed by atoms with Crippen molar-refractivity contribution in [1.82, 2.24) is 0 Å². The van der Waals surface area contributed by atoms with Gasteiger partial charge in [0.1, 0.15) is 5.60 Å². The van der Waals surface area contributed by atoms with Gasteiger partial charge in [-0.3, -0.25) is 0 Å². The lowest BCUT2D eigenvalue weighted by molar-refractivity contribution is -0.128. The molecular weight excluding hydrogens is 144 g/mol. The van der Waals surface area contributed by atoms with Crippen molar-refractivity contribution in [2.24, 2.45) is 0 Å². The van der Waals surface area contributed by atoms with E-state index >= 15 is 0 Å². The van der Waals surface area contributed by atoms with Crippen molar-refractivity contribution in [2.45, 2.75) is 38.2 Å². The molecule has 0 spiro atoms. The van der Waals surface area contributed by atoms with Gasteiger partial charge in [-0.1, -0.05) is 26.2 Å². The summed E-state index contributed by atoms with van der Waals surface area (Å²) in [6.45, 7) is 1.57. The first-order valence-corrected chi connectivity index (χ1v) is 3.98. The number of rotatable bonds is 6. The van der Waals surface area contributed by atoms with Gasteiger partial charge in [0.15, 0.2) is 6.29 Å². The van der Waals surface area contributed by atoms with Gasteiger partial charge in [-0.15, -0.1) is 0 Å². The molecule has 3 nitrogen and oxygen atoms in total. The zero-order valence-corrected chi connectivity index (χ0v) is 6.92. The smallest absolute Gasteiger partial charge is 0.153 e. The molecule has 0 amide bonds. The molecule has 66 valence electrons. The van der Waals surface area contributed by atoms with Crippen molar-refractivity contribution < 1.29 is 15.0 Å². The van der Waals surface area contributed by atoms with Crippen molar-refractivity contribution in [3.63, 3.8) is 0 Å². The molecule has 0 aliphatic heterocycles. The number of hydrogen-bond acceptors (Lipinski definition) is 3. The molecule has 1 atom stereocenters. The van der Waals surface area contributed by atoms with E-state index in [2.05, 4.69) is 0 Å². The van der Waals surface area contributed by atoms with Gasteiger partial charge in [0.2, 0.25) is 0 Å². The Morgan fingerprint density at radius 3 is 2.45 bits per heavy atom. The molecule has 0 aliphatic carbocycles. The fourth-order valence-electron chi connectivity index (χ4n) is 0.856. The Morgan fingerprint density at radius 1 is 1.45 bits per heavy atom. The number of carbonyl (C=O) groups is 1. The van der Waals surface area contributed by atoms with Gasteiger partial charge in [0.05, 0.1) is 6.61 Å². The van der Waals surface area contributed by atoms with Crippen LogP contribution in [0.5, 0.6) is 0 Å². The van der Waals surface area contributed by atoms with Crippen molar-refractivity contribution in [3.05, 3.63) is 0 Å². The minimum Gasteiger partial charge on any atom is -0.393 e. The molecule has 0 bridgehead atoms. The van der Waals surface area contributed by atoms with Gasteiger partial charge in [-0.05, 0) is 6.42 Å². The maximum atomic E-state index is 10.2. The van der Waals surface area contributed by atoms with E-state index in [1.807, 2.05) is 6.92 Å². The largest absolute Gasteiger partial charge is 0.393 e. The Balaban J connectivity index is 3.60. The topological polar surface area (TPSA) is 57.5 Å². The van der Waals surface area contributed by atoms with Gasteiger partial charge in [0, 0.05) is 0 Å². The van der Waals surface area contributed by atoms with Crippen molar-refractivity contribution >= 4 is 6.29 Å². The number of unbranched alkanes of at least 4 members (excludes halogenated alkanes) is 2. The lowest BCUT2D eigenvalue weighted by Crippen LogP contribution is -2.34. The molecule has 0 rings (SSSR count). The summed E-state index contributed by atoms with van der Waals surface area (Å²) in [5, 5.41) is 17.8. The molecule has 0 saturated heterocycles. The van der Waals surface area contributed by atoms with E-state index < -0.39 is 12.2 Å². The number of aliphatic hydroxyl groups excluding tert-OH is 1. The number of carbonyl (C=O) groups excluding carboxylic acids is 1. The molecule has 11 heavy (non-hydrogen) atoms. The van der Waals surface area contributed by atoms with Crippen LogP contribution in [-0.2, 0) is 4.79 Å². The first-order valence-electron chi connectivity index (χ1n) is 3.98. The van der Waals surface area contributed by atoms with Crippen LogP contribution < -0.4 is 0 Å². The lowest BCUT2D eigenvalue weighted by atomic mass is 9.99. The molecular formula is C8H16O3. The normalized spacial score (nSPS) is 15.9. The molecule has 0 aromatic rings. The van der Waals surface area contributed by atoms with Crippen LogP contribution in [0.3, 0.4) is 0 Å². The molecule has 3 heteroatoms. The van der Waals surface area contributed by atoms with E-state index in [1.165, 1.54) is 0 Å². The molecule has 0 heterocycles. The fraction of sp³-hybridized carbons (Fsp3) is 0.875. The summed E-state index contributed by atoms with van der Waals surface area (Å²) in [6.07, 6.45) is 3.59. The van der Waals surface area contributed by atoms with Crippen LogP contribution in [0, 0.1) is 0 Å². The van der Waals surface area contributed by atoms with Gasteiger partial charge in [0.25, 0.3) is 0 Å². The Hall–Kier alpha value is -0.410. The first-order chi connectivity index (χ1) is 5.18. The van der Waals surface area contributed by atoms with E-state index in [4.69, 9.17) is 5.11 Å². The minimum atomic E-state index is -1.49. The highest BCUT2D eigenvalue weighted by Gasteiger charge is 2.23. The summed E-state index contributed by atoms with van der Waals surface area (Å²) >= 11 is 0. The molecule has 0 aromatic heterocycles. The third kappa shape index (κ3) is 4.11. The molecule has 0 radical (unpaired) electrons. The lowest BCUT2D eigenvalue weighted by Gasteiger charge is -2.17. The maximum absolute atomic E-state index is 10.2. The summed E-state index contributed by atoms with van der Waals surface area (Å²) in [4.78, 5) is 10.2. The molecule has 0 unspecified atom stereocenters. The van der Waals surface area contributed by atoms with Crippen LogP contribution in [0.25, 0.3) is 0 Å². The molecule has 0 saturated carbocycles. The average Bonchev–Trinajstić information content (AvgIpc) is 2.05. The SMILES string of the molecule is CCCCC[C@](O)(C=O)CO. The second-order valence-electron chi connectivity index (χ2n) is 2.84. The van der Waals surface area contributed by atoms with Gasteiger partial charge < -0.3 is 15.0 Å². The zero-order valence-electron chi connectivity index (χ0n) is 6.92. The second kappa shape index (κ2) is 5.27. The van der Waals surface area contributed by atoms with Crippen LogP contribution in [0.2, 0.25) is 0 Å². The van der Waals surface area contributed by atoms with E-state index in [1.54, 1.807) is 0 Å². The minimum absolute atomic E-state index is 0.362. The third-order valence-corrected chi connectivity index (χ3v) is 1.71. The van der Waals surface area contributed by atoms with Crippen LogP contribution in [0.15, 0.2) is 0 Å².